The number of benzene rings is 2. The SMILES string of the molecule is CC(C)CN(CC(C)C)S(=O)(=O)c1ccc(C(=O)N=c2sc3cc(F)ccc3n2C)cc1. The summed E-state index contributed by atoms with van der Waals surface area (Å²) < 4.78 is 43.7. The van der Waals surface area contributed by atoms with Crippen molar-refractivity contribution in [2.45, 2.75) is 32.6 Å². The molecule has 1 amide bonds. The molecule has 9 heteroatoms. The summed E-state index contributed by atoms with van der Waals surface area (Å²) in [5, 5.41) is 0. The molecule has 1 aromatic heterocycles. The lowest BCUT2D eigenvalue weighted by Crippen LogP contribution is -2.37. The molecule has 0 unspecified atom stereocenters. The first-order valence-corrected chi connectivity index (χ1v) is 12.7. The number of fused-ring (bicyclic) bond motifs is 1. The van der Waals surface area contributed by atoms with E-state index in [0.29, 0.717) is 22.6 Å². The lowest BCUT2D eigenvalue weighted by molar-refractivity contribution is 0.0998. The summed E-state index contributed by atoms with van der Waals surface area (Å²) >= 11 is 1.22. The minimum atomic E-state index is -3.67. The van der Waals surface area contributed by atoms with Crippen molar-refractivity contribution in [2.24, 2.45) is 23.9 Å². The Bertz CT molecular complexity index is 1280. The molecule has 3 rings (SSSR count). The van der Waals surface area contributed by atoms with E-state index in [-0.39, 0.29) is 28.1 Å². The van der Waals surface area contributed by atoms with Gasteiger partial charge in [0.2, 0.25) is 10.0 Å². The number of halogens is 1. The van der Waals surface area contributed by atoms with Gasteiger partial charge in [0.25, 0.3) is 5.91 Å². The average Bonchev–Trinajstić information content (AvgIpc) is 3.01. The first-order valence-electron chi connectivity index (χ1n) is 10.4. The molecule has 0 saturated carbocycles. The third-order valence-electron chi connectivity index (χ3n) is 4.85. The molecule has 0 N–H and O–H groups in total. The zero-order valence-electron chi connectivity index (χ0n) is 18.9. The fourth-order valence-electron chi connectivity index (χ4n) is 3.37. The van der Waals surface area contributed by atoms with E-state index >= 15 is 0 Å². The third-order valence-corrected chi connectivity index (χ3v) is 7.79. The Morgan fingerprint density at radius 1 is 1.06 bits per heavy atom. The maximum atomic E-state index is 13.5. The average molecular weight is 478 g/mol. The van der Waals surface area contributed by atoms with E-state index in [0.717, 1.165) is 5.52 Å². The number of carbonyl (C=O) groups excluding carboxylic acids is 1. The van der Waals surface area contributed by atoms with Crippen molar-refractivity contribution in [3.05, 3.63) is 58.6 Å². The lowest BCUT2D eigenvalue weighted by atomic mass is 10.2. The van der Waals surface area contributed by atoms with Gasteiger partial charge in [-0.15, -0.1) is 0 Å². The first kappa shape index (κ1) is 24.3. The van der Waals surface area contributed by atoms with Gasteiger partial charge in [0.05, 0.1) is 15.1 Å². The molecule has 0 aliphatic carbocycles. The van der Waals surface area contributed by atoms with Gasteiger partial charge in [-0.3, -0.25) is 4.79 Å². The predicted octanol–water partition coefficient (Wildman–Crippen LogP) is 4.42. The normalized spacial score (nSPS) is 13.1. The van der Waals surface area contributed by atoms with Crippen LogP contribution in [0.5, 0.6) is 0 Å². The Morgan fingerprint density at radius 2 is 1.66 bits per heavy atom. The highest BCUT2D eigenvalue weighted by Gasteiger charge is 2.26. The van der Waals surface area contributed by atoms with Crippen LogP contribution in [0.3, 0.4) is 0 Å². The maximum Gasteiger partial charge on any atom is 0.279 e. The van der Waals surface area contributed by atoms with E-state index < -0.39 is 15.9 Å². The Kier molecular flexibility index (Phi) is 7.32. The molecule has 6 nitrogen and oxygen atoms in total. The number of carbonyl (C=O) groups is 1. The van der Waals surface area contributed by atoms with Crippen LogP contribution in [-0.4, -0.2) is 36.3 Å². The number of rotatable bonds is 7. The van der Waals surface area contributed by atoms with Gasteiger partial charge in [0, 0.05) is 25.7 Å². The van der Waals surface area contributed by atoms with E-state index in [1.54, 1.807) is 17.7 Å². The highest BCUT2D eigenvalue weighted by molar-refractivity contribution is 7.89. The van der Waals surface area contributed by atoms with Gasteiger partial charge in [0.1, 0.15) is 5.82 Å². The van der Waals surface area contributed by atoms with Gasteiger partial charge in [-0.2, -0.15) is 9.30 Å². The van der Waals surface area contributed by atoms with Crippen molar-refractivity contribution in [2.75, 3.05) is 13.1 Å². The van der Waals surface area contributed by atoms with Gasteiger partial charge in [-0.1, -0.05) is 39.0 Å². The van der Waals surface area contributed by atoms with Crippen molar-refractivity contribution in [3.63, 3.8) is 0 Å². The second-order valence-electron chi connectivity index (χ2n) is 8.61. The summed E-state index contributed by atoms with van der Waals surface area (Å²) in [6, 6.07) is 10.3. The second-order valence-corrected chi connectivity index (χ2v) is 11.6. The van der Waals surface area contributed by atoms with Crippen LogP contribution in [0.2, 0.25) is 0 Å². The standard InChI is InChI=1S/C23H28FN3O3S2/c1-15(2)13-27(14-16(3)4)32(29,30)19-9-6-17(7-10-19)22(28)25-23-26(5)20-11-8-18(24)12-21(20)31-23/h6-12,15-16H,13-14H2,1-5H3. The number of hydrogen-bond donors (Lipinski definition) is 0. The van der Waals surface area contributed by atoms with Crippen LogP contribution >= 0.6 is 11.3 Å². The zero-order valence-corrected chi connectivity index (χ0v) is 20.5. The smallest absolute Gasteiger partial charge is 0.279 e. The summed E-state index contributed by atoms with van der Waals surface area (Å²) in [6.45, 7) is 8.78. The van der Waals surface area contributed by atoms with Crippen molar-refractivity contribution in [1.82, 2.24) is 8.87 Å². The fraction of sp³-hybridized carbons (Fsp3) is 0.391. The molecule has 3 aromatic rings. The molecule has 0 saturated heterocycles. The monoisotopic (exact) mass is 477 g/mol. The summed E-state index contributed by atoms with van der Waals surface area (Å²) in [4.78, 5) is 17.4. The minimum absolute atomic E-state index is 0.151. The van der Waals surface area contributed by atoms with Crippen LogP contribution in [0.25, 0.3) is 10.2 Å². The van der Waals surface area contributed by atoms with Gasteiger partial charge < -0.3 is 4.57 Å². The molecular formula is C23H28FN3O3S2. The summed E-state index contributed by atoms with van der Waals surface area (Å²) in [5.41, 5.74) is 1.06. The van der Waals surface area contributed by atoms with Crippen LogP contribution in [-0.2, 0) is 17.1 Å². The van der Waals surface area contributed by atoms with E-state index in [2.05, 4.69) is 4.99 Å². The molecule has 0 atom stereocenters. The van der Waals surface area contributed by atoms with Crippen molar-refractivity contribution >= 4 is 37.5 Å². The van der Waals surface area contributed by atoms with Crippen LogP contribution < -0.4 is 4.80 Å². The summed E-state index contributed by atoms with van der Waals surface area (Å²) in [5.74, 6) is -0.451. The Balaban J connectivity index is 1.90. The van der Waals surface area contributed by atoms with Gasteiger partial charge in [0.15, 0.2) is 4.80 Å². The first-order chi connectivity index (χ1) is 15.0. The minimum Gasteiger partial charge on any atom is -0.319 e. The zero-order chi connectivity index (χ0) is 23.6. The second kappa shape index (κ2) is 9.64. The number of aryl methyl sites for hydroxylation is 1. The van der Waals surface area contributed by atoms with E-state index in [1.807, 2.05) is 27.7 Å². The molecule has 0 aliphatic rings. The molecule has 0 aliphatic heterocycles. The molecule has 1 heterocycles. The lowest BCUT2D eigenvalue weighted by Gasteiger charge is -2.25. The highest BCUT2D eigenvalue weighted by Crippen LogP contribution is 2.20. The van der Waals surface area contributed by atoms with Gasteiger partial charge >= 0.3 is 0 Å². The molecule has 0 spiro atoms. The quantitative estimate of drug-likeness (QED) is 0.506. The predicted molar refractivity (Wildman–Crippen MR) is 126 cm³/mol. The Hall–Kier alpha value is -2.36. The number of hydrogen-bond acceptors (Lipinski definition) is 4. The Morgan fingerprint density at radius 3 is 2.22 bits per heavy atom. The molecule has 172 valence electrons. The molecular weight excluding hydrogens is 449 g/mol. The maximum absolute atomic E-state index is 13.5. The van der Waals surface area contributed by atoms with Crippen LogP contribution in [0.15, 0.2) is 52.4 Å². The molecule has 0 bridgehead atoms. The van der Waals surface area contributed by atoms with Crippen LogP contribution in [0, 0.1) is 17.7 Å². The van der Waals surface area contributed by atoms with Gasteiger partial charge in [-0.25, -0.2) is 12.8 Å². The largest absolute Gasteiger partial charge is 0.319 e. The highest BCUT2D eigenvalue weighted by atomic mass is 32.2. The van der Waals surface area contributed by atoms with E-state index in [4.69, 9.17) is 0 Å². The van der Waals surface area contributed by atoms with Crippen molar-refractivity contribution in [1.29, 1.82) is 0 Å². The molecule has 2 aromatic carbocycles. The van der Waals surface area contributed by atoms with Crippen LogP contribution in [0.1, 0.15) is 38.1 Å². The summed E-state index contributed by atoms with van der Waals surface area (Å²) in [7, 11) is -1.91. The van der Waals surface area contributed by atoms with E-state index in [1.165, 1.54) is 52.0 Å². The summed E-state index contributed by atoms with van der Waals surface area (Å²) in [6.07, 6.45) is 0. The number of aromatic nitrogens is 1. The number of nitrogens with zero attached hydrogens (tertiary/aromatic N) is 3. The fourth-order valence-corrected chi connectivity index (χ4v) is 6.18. The molecule has 0 radical (unpaired) electrons. The van der Waals surface area contributed by atoms with Crippen LogP contribution in [0.4, 0.5) is 4.39 Å². The molecule has 0 fully saturated rings. The third kappa shape index (κ3) is 5.33. The van der Waals surface area contributed by atoms with Crippen molar-refractivity contribution in [3.8, 4) is 0 Å². The number of thiazole rings is 1. The van der Waals surface area contributed by atoms with Crippen molar-refractivity contribution < 1.29 is 17.6 Å². The number of amides is 1. The molecule has 32 heavy (non-hydrogen) atoms. The van der Waals surface area contributed by atoms with E-state index in [9.17, 15) is 17.6 Å². The topological polar surface area (TPSA) is 71.7 Å². The number of sulfonamides is 1. The Labute approximate surface area is 192 Å². The van der Waals surface area contributed by atoms with Gasteiger partial charge in [-0.05, 0) is 54.3 Å².